The first-order valence-electron chi connectivity index (χ1n) is 7.87. The van der Waals surface area contributed by atoms with Crippen molar-refractivity contribution in [3.8, 4) is 0 Å². The van der Waals surface area contributed by atoms with Crippen LogP contribution in [0.4, 0.5) is 11.4 Å². The van der Waals surface area contributed by atoms with Gasteiger partial charge in [-0.3, -0.25) is 9.79 Å². The summed E-state index contributed by atoms with van der Waals surface area (Å²) >= 11 is 5.78. The highest BCUT2D eigenvalue weighted by atomic mass is 35.5. The Hall–Kier alpha value is -2.13. The highest BCUT2D eigenvalue weighted by Gasteiger charge is 2.25. The molecule has 0 unspecified atom stereocenters. The van der Waals surface area contributed by atoms with Gasteiger partial charge in [-0.05, 0) is 30.5 Å². The zero-order valence-electron chi connectivity index (χ0n) is 12.9. The highest BCUT2D eigenvalue weighted by molar-refractivity contribution is 6.17. The first-order chi connectivity index (χ1) is 11.3. The van der Waals surface area contributed by atoms with Crippen LogP contribution in [0, 0.1) is 0 Å². The number of fused-ring (bicyclic) bond motifs is 1. The molecule has 118 valence electrons. The summed E-state index contributed by atoms with van der Waals surface area (Å²) in [7, 11) is 0. The van der Waals surface area contributed by atoms with Gasteiger partial charge in [-0.15, -0.1) is 11.6 Å². The maximum atomic E-state index is 12.2. The highest BCUT2D eigenvalue weighted by Crippen LogP contribution is 2.34. The summed E-state index contributed by atoms with van der Waals surface area (Å²) in [5.74, 6) is 0.733. The number of carbonyl (C=O) groups excluding carboxylic acids is 1. The van der Waals surface area contributed by atoms with Crippen LogP contribution in [0.5, 0.6) is 0 Å². The predicted molar refractivity (Wildman–Crippen MR) is 96.1 cm³/mol. The molecule has 0 aliphatic carbocycles. The van der Waals surface area contributed by atoms with Crippen LogP contribution in [0.1, 0.15) is 24.0 Å². The topological polar surface area (TPSA) is 32.7 Å². The summed E-state index contributed by atoms with van der Waals surface area (Å²) in [5.41, 5.74) is 4.13. The van der Waals surface area contributed by atoms with E-state index in [1.807, 2.05) is 59.6 Å². The Kier molecular flexibility index (Phi) is 5.09. The number of aliphatic imine (C=N–C) groups is 1. The maximum absolute atomic E-state index is 12.2. The van der Waals surface area contributed by atoms with Crippen LogP contribution in [0.15, 0.2) is 53.5 Å². The SMILES string of the molecule is O=C1CCc2c(N=Cc3ccccc3)cccc2N1CCCCl. The van der Waals surface area contributed by atoms with Crippen molar-refractivity contribution in [2.75, 3.05) is 17.3 Å². The third-order valence-corrected chi connectivity index (χ3v) is 4.24. The minimum atomic E-state index is 0.173. The van der Waals surface area contributed by atoms with Crippen molar-refractivity contribution in [1.29, 1.82) is 0 Å². The summed E-state index contributed by atoms with van der Waals surface area (Å²) in [4.78, 5) is 18.7. The molecule has 1 aliphatic rings. The number of anilines is 1. The van der Waals surface area contributed by atoms with Crippen molar-refractivity contribution in [1.82, 2.24) is 0 Å². The quantitative estimate of drug-likeness (QED) is 0.594. The Labute approximate surface area is 141 Å². The lowest BCUT2D eigenvalue weighted by atomic mass is 9.99. The molecule has 0 radical (unpaired) electrons. The Morgan fingerprint density at radius 2 is 1.91 bits per heavy atom. The standard InChI is InChI=1S/C19H19ClN2O/c20-12-5-13-22-18-9-4-8-17(16(18)10-11-19(22)23)21-14-15-6-2-1-3-7-15/h1-4,6-9,14H,5,10-13H2. The van der Waals surface area contributed by atoms with Crippen molar-refractivity contribution in [2.45, 2.75) is 19.3 Å². The van der Waals surface area contributed by atoms with E-state index in [0.717, 1.165) is 35.3 Å². The lowest BCUT2D eigenvalue weighted by molar-refractivity contribution is -0.118. The Bertz CT molecular complexity index is 713. The summed E-state index contributed by atoms with van der Waals surface area (Å²) in [6.07, 6.45) is 3.94. The lowest BCUT2D eigenvalue weighted by Crippen LogP contribution is -2.36. The molecule has 1 amide bonds. The van der Waals surface area contributed by atoms with Crippen LogP contribution in [0.3, 0.4) is 0 Å². The third kappa shape index (κ3) is 3.62. The van der Waals surface area contributed by atoms with E-state index in [1.165, 1.54) is 0 Å². The van der Waals surface area contributed by atoms with Crippen LogP contribution in [0.2, 0.25) is 0 Å². The van der Waals surface area contributed by atoms with Gasteiger partial charge in [0.15, 0.2) is 0 Å². The number of hydrogen-bond acceptors (Lipinski definition) is 2. The van der Waals surface area contributed by atoms with Crippen LogP contribution >= 0.6 is 11.6 Å². The molecule has 3 nitrogen and oxygen atoms in total. The first-order valence-corrected chi connectivity index (χ1v) is 8.40. The summed E-state index contributed by atoms with van der Waals surface area (Å²) < 4.78 is 0. The molecule has 1 aliphatic heterocycles. The number of amides is 1. The van der Waals surface area contributed by atoms with Crippen LogP contribution in [0.25, 0.3) is 0 Å². The minimum absolute atomic E-state index is 0.173. The Balaban J connectivity index is 1.91. The molecule has 0 atom stereocenters. The van der Waals surface area contributed by atoms with Crippen molar-refractivity contribution < 1.29 is 4.79 Å². The van der Waals surface area contributed by atoms with Gasteiger partial charge in [0.1, 0.15) is 0 Å². The molecule has 4 heteroatoms. The Morgan fingerprint density at radius 3 is 2.70 bits per heavy atom. The van der Waals surface area contributed by atoms with Crippen molar-refractivity contribution >= 4 is 35.1 Å². The summed E-state index contributed by atoms with van der Waals surface area (Å²) in [5, 5.41) is 0. The largest absolute Gasteiger partial charge is 0.312 e. The molecule has 0 spiro atoms. The molecule has 2 aromatic rings. The molecule has 1 heterocycles. The average molecular weight is 327 g/mol. The lowest BCUT2D eigenvalue weighted by Gasteiger charge is -2.30. The number of hydrogen-bond donors (Lipinski definition) is 0. The van der Waals surface area contributed by atoms with E-state index < -0.39 is 0 Å². The molecule has 0 saturated carbocycles. The Morgan fingerprint density at radius 1 is 1.09 bits per heavy atom. The van der Waals surface area contributed by atoms with Crippen molar-refractivity contribution in [3.05, 3.63) is 59.7 Å². The number of nitrogens with zero attached hydrogens (tertiary/aromatic N) is 2. The van der Waals surface area contributed by atoms with E-state index in [-0.39, 0.29) is 5.91 Å². The normalized spacial score (nSPS) is 14.3. The van der Waals surface area contributed by atoms with Gasteiger partial charge in [-0.2, -0.15) is 0 Å². The smallest absolute Gasteiger partial charge is 0.227 e. The van der Waals surface area contributed by atoms with Gasteiger partial charge in [0, 0.05) is 36.3 Å². The first kappa shape index (κ1) is 15.8. The third-order valence-electron chi connectivity index (χ3n) is 3.97. The average Bonchev–Trinajstić information content (AvgIpc) is 2.60. The summed E-state index contributed by atoms with van der Waals surface area (Å²) in [6, 6.07) is 16.0. The van der Waals surface area contributed by atoms with Gasteiger partial charge in [0.25, 0.3) is 0 Å². The van der Waals surface area contributed by atoms with E-state index in [4.69, 9.17) is 11.6 Å². The zero-order chi connectivity index (χ0) is 16.1. The fourth-order valence-electron chi connectivity index (χ4n) is 2.84. The molecular formula is C19H19ClN2O. The maximum Gasteiger partial charge on any atom is 0.227 e. The van der Waals surface area contributed by atoms with Crippen LogP contribution < -0.4 is 4.90 Å². The van der Waals surface area contributed by atoms with Gasteiger partial charge < -0.3 is 4.90 Å². The number of benzene rings is 2. The van der Waals surface area contributed by atoms with Crippen LogP contribution in [-0.2, 0) is 11.2 Å². The fourth-order valence-corrected chi connectivity index (χ4v) is 2.96. The second-order valence-electron chi connectivity index (χ2n) is 5.53. The molecule has 3 rings (SSSR count). The number of rotatable bonds is 5. The van der Waals surface area contributed by atoms with E-state index in [9.17, 15) is 4.79 Å². The molecular weight excluding hydrogens is 308 g/mol. The second kappa shape index (κ2) is 7.42. The molecule has 23 heavy (non-hydrogen) atoms. The van der Waals surface area contributed by atoms with Gasteiger partial charge in [-0.1, -0.05) is 36.4 Å². The van der Waals surface area contributed by atoms with Crippen LogP contribution in [-0.4, -0.2) is 24.5 Å². The van der Waals surface area contributed by atoms with E-state index >= 15 is 0 Å². The fraction of sp³-hybridized carbons (Fsp3) is 0.263. The van der Waals surface area contributed by atoms with E-state index in [1.54, 1.807) is 0 Å². The van der Waals surface area contributed by atoms with Gasteiger partial charge in [0.2, 0.25) is 5.91 Å². The monoisotopic (exact) mass is 326 g/mol. The zero-order valence-corrected chi connectivity index (χ0v) is 13.7. The summed E-state index contributed by atoms with van der Waals surface area (Å²) in [6.45, 7) is 0.668. The van der Waals surface area contributed by atoms with Gasteiger partial charge in [-0.25, -0.2) is 0 Å². The van der Waals surface area contributed by atoms with Gasteiger partial charge in [0.05, 0.1) is 5.69 Å². The van der Waals surface area contributed by atoms with Crippen molar-refractivity contribution in [2.24, 2.45) is 4.99 Å². The molecule has 0 bridgehead atoms. The second-order valence-corrected chi connectivity index (χ2v) is 5.91. The predicted octanol–water partition coefficient (Wildman–Crippen LogP) is 4.35. The minimum Gasteiger partial charge on any atom is -0.312 e. The molecule has 0 saturated heterocycles. The van der Waals surface area contributed by atoms with E-state index in [0.29, 0.717) is 18.8 Å². The molecule has 0 aromatic heterocycles. The van der Waals surface area contributed by atoms with E-state index in [2.05, 4.69) is 4.99 Å². The number of alkyl halides is 1. The van der Waals surface area contributed by atoms with Gasteiger partial charge >= 0.3 is 0 Å². The molecule has 0 fully saturated rings. The van der Waals surface area contributed by atoms with Crippen molar-refractivity contribution in [3.63, 3.8) is 0 Å². The molecule has 2 aromatic carbocycles. The number of halogens is 1. The number of carbonyl (C=O) groups is 1. The molecule has 0 N–H and O–H groups in total.